The van der Waals surface area contributed by atoms with E-state index < -0.39 is 0 Å². The minimum Gasteiger partial charge on any atom is -0.496 e. The standard InChI is InChI=1S/C21H25N3O3/c1-22-19-16(6-4-11-23-19)20(25)24-12-9-21(10-13-24)18-15(8-14-27-21)5-3-7-17(18)26-2/h3-7,11H,8-10,12-14H2,1-2H3,(H,22,23). The molecule has 6 nitrogen and oxygen atoms in total. The molecule has 1 saturated heterocycles. The molecule has 2 aliphatic rings. The topological polar surface area (TPSA) is 63.7 Å². The van der Waals surface area contributed by atoms with Gasteiger partial charge in [0.05, 0.1) is 19.3 Å². The number of amides is 1. The first-order valence-electron chi connectivity index (χ1n) is 9.41. The maximum absolute atomic E-state index is 13.0. The van der Waals surface area contributed by atoms with Crippen LogP contribution in [0.25, 0.3) is 0 Å². The Bertz CT molecular complexity index is 830. The molecule has 0 atom stereocenters. The Kier molecular flexibility index (Phi) is 4.74. The zero-order valence-electron chi connectivity index (χ0n) is 15.8. The lowest BCUT2D eigenvalue weighted by molar-refractivity contribution is -0.0946. The van der Waals surface area contributed by atoms with Crippen molar-refractivity contribution < 1.29 is 14.3 Å². The molecule has 4 rings (SSSR count). The van der Waals surface area contributed by atoms with E-state index >= 15 is 0 Å². The maximum atomic E-state index is 13.0. The first-order chi connectivity index (χ1) is 13.2. The van der Waals surface area contributed by atoms with E-state index in [1.165, 1.54) is 11.1 Å². The van der Waals surface area contributed by atoms with E-state index in [0.29, 0.717) is 31.1 Å². The van der Waals surface area contributed by atoms with Gasteiger partial charge in [-0.3, -0.25) is 4.79 Å². The fraction of sp³-hybridized carbons (Fsp3) is 0.429. The van der Waals surface area contributed by atoms with Crippen LogP contribution in [0, 0.1) is 0 Å². The highest BCUT2D eigenvalue weighted by atomic mass is 16.5. The molecule has 6 heteroatoms. The molecule has 0 unspecified atom stereocenters. The van der Waals surface area contributed by atoms with Gasteiger partial charge < -0.3 is 19.7 Å². The first kappa shape index (κ1) is 17.8. The number of piperidine rings is 1. The summed E-state index contributed by atoms with van der Waals surface area (Å²) < 4.78 is 11.9. The minimum atomic E-state index is -0.363. The minimum absolute atomic E-state index is 0.0124. The Morgan fingerprint density at radius 1 is 1.26 bits per heavy atom. The van der Waals surface area contributed by atoms with E-state index in [1.807, 2.05) is 23.1 Å². The SMILES string of the molecule is CNc1ncccc1C(=O)N1CCC2(CC1)OCCc1cccc(OC)c12. The van der Waals surface area contributed by atoms with Crippen LogP contribution in [0.5, 0.6) is 5.75 Å². The number of nitrogens with one attached hydrogen (secondary N) is 1. The number of anilines is 1. The highest BCUT2D eigenvalue weighted by Crippen LogP contribution is 2.45. The van der Waals surface area contributed by atoms with Crippen LogP contribution in [0.2, 0.25) is 0 Å². The van der Waals surface area contributed by atoms with Gasteiger partial charge in [-0.05, 0) is 43.0 Å². The molecule has 1 N–H and O–H groups in total. The van der Waals surface area contributed by atoms with Gasteiger partial charge in [0.2, 0.25) is 0 Å². The number of benzene rings is 1. The molecule has 2 aliphatic heterocycles. The fourth-order valence-electron chi connectivity index (χ4n) is 4.31. The van der Waals surface area contributed by atoms with Crippen LogP contribution in [-0.4, -0.2) is 49.6 Å². The summed E-state index contributed by atoms with van der Waals surface area (Å²) in [6, 6.07) is 9.82. The Labute approximate surface area is 159 Å². The zero-order chi connectivity index (χ0) is 18.9. The van der Waals surface area contributed by atoms with Gasteiger partial charge in [0.25, 0.3) is 5.91 Å². The second-order valence-corrected chi connectivity index (χ2v) is 7.03. The quantitative estimate of drug-likeness (QED) is 0.904. The van der Waals surface area contributed by atoms with E-state index in [4.69, 9.17) is 9.47 Å². The largest absolute Gasteiger partial charge is 0.496 e. The molecule has 0 bridgehead atoms. The van der Waals surface area contributed by atoms with Gasteiger partial charge in [-0.25, -0.2) is 4.98 Å². The number of nitrogens with zero attached hydrogens (tertiary/aromatic N) is 2. The number of hydrogen-bond acceptors (Lipinski definition) is 5. The number of fused-ring (bicyclic) bond motifs is 2. The normalized spacial score (nSPS) is 18.1. The number of carbonyl (C=O) groups excluding carboxylic acids is 1. The molecule has 0 radical (unpaired) electrons. The predicted octanol–water partition coefficient (Wildman–Crippen LogP) is 2.84. The second-order valence-electron chi connectivity index (χ2n) is 7.03. The van der Waals surface area contributed by atoms with Gasteiger partial charge in [-0.2, -0.15) is 0 Å². The van der Waals surface area contributed by atoms with Crippen molar-refractivity contribution in [2.75, 3.05) is 39.2 Å². The van der Waals surface area contributed by atoms with Crippen molar-refractivity contribution in [1.29, 1.82) is 0 Å². The molecule has 142 valence electrons. The van der Waals surface area contributed by atoms with Crippen LogP contribution in [0.1, 0.15) is 34.3 Å². The third kappa shape index (κ3) is 3.04. The smallest absolute Gasteiger partial charge is 0.257 e. The van der Waals surface area contributed by atoms with Crippen LogP contribution in [0.15, 0.2) is 36.5 Å². The lowest BCUT2D eigenvalue weighted by atomic mass is 9.78. The number of pyridine rings is 1. The molecule has 1 fully saturated rings. The van der Waals surface area contributed by atoms with Crippen molar-refractivity contribution in [2.24, 2.45) is 0 Å². The van der Waals surface area contributed by atoms with Crippen molar-refractivity contribution in [2.45, 2.75) is 24.9 Å². The van der Waals surface area contributed by atoms with Gasteiger partial charge in [0.15, 0.2) is 0 Å². The van der Waals surface area contributed by atoms with Gasteiger partial charge in [-0.1, -0.05) is 12.1 Å². The van der Waals surface area contributed by atoms with Crippen molar-refractivity contribution in [3.8, 4) is 5.75 Å². The summed E-state index contributed by atoms with van der Waals surface area (Å²) in [7, 11) is 3.49. The summed E-state index contributed by atoms with van der Waals surface area (Å²) >= 11 is 0. The Balaban J connectivity index is 1.58. The summed E-state index contributed by atoms with van der Waals surface area (Å²) in [6.07, 6.45) is 4.12. The van der Waals surface area contributed by atoms with Crippen LogP contribution in [0.4, 0.5) is 5.82 Å². The first-order valence-corrected chi connectivity index (χ1v) is 9.41. The Hall–Kier alpha value is -2.60. The van der Waals surface area contributed by atoms with Gasteiger partial charge in [0, 0.05) is 31.9 Å². The molecule has 1 spiro atoms. The third-order valence-corrected chi connectivity index (χ3v) is 5.67. The van der Waals surface area contributed by atoms with E-state index in [9.17, 15) is 4.79 Å². The Morgan fingerprint density at radius 3 is 2.81 bits per heavy atom. The number of aromatic nitrogens is 1. The summed E-state index contributed by atoms with van der Waals surface area (Å²) in [6.45, 7) is 2.00. The van der Waals surface area contributed by atoms with Gasteiger partial charge >= 0.3 is 0 Å². The molecular formula is C21H25N3O3. The lowest BCUT2D eigenvalue weighted by Gasteiger charge is -2.45. The molecule has 2 aromatic rings. The van der Waals surface area contributed by atoms with Crippen LogP contribution >= 0.6 is 0 Å². The van der Waals surface area contributed by atoms with Gasteiger partial charge in [-0.15, -0.1) is 0 Å². The van der Waals surface area contributed by atoms with Gasteiger partial charge in [0.1, 0.15) is 17.2 Å². The summed E-state index contributed by atoms with van der Waals surface area (Å²) in [5, 5.41) is 3.00. The number of rotatable bonds is 3. The number of methoxy groups -OCH3 is 1. The van der Waals surface area contributed by atoms with Crippen molar-refractivity contribution >= 4 is 11.7 Å². The Morgan fingerprint density at radius 2 is 2.07 bits per heavy atom. The monoisotopic (exact) mass is 367 g/mol. The molecule has 0 saturated carbocycles. The van der Waals surface area contributed by atoms with E-state index in [0.717, 1.165) is 25.0 Å². The second kappa shape index (κ2) is 7.19. The van der Waals surface area contributed by atoms with Crippen molar-refractivity contribution in [3.05, 3.63) is 53.2 Å². The van der Waals surface area contributed by atoms with Crippen molar-refractivity contribution in [1.82, 2.24) is 9.88 Å². The molecule has 1 aromatic heterocycles. The third-order valence-electron chi connectivity index (χ3n) is 5.67. The number of ether oxygens (including phenoxy) is 2. The molecular weight excluding hydrogens is 342 g/mol. The fourth-order valence-corrected chi connectivity index (χ4v) is 4.31. The number of hydrogen-bond donors (Lipinski definition) is 1. The average molecular weight is 367 g/mol. The summed E-state index contributed by atoms with van der Waals surface area (Å²) in [5.74, 6) is 1.51. The van der Waals surface area contributed by atoms with E-state index in [-0.39, 0.29) is 11.5 Å². The summed E-state index contributed by atoms with van der Waals surface area (Å²) in [4.78, 5) is 19.1. The molecule has 3 heterocycles. The highest BCUT2D eigenvalue weighted by Gasteiger charge is 2.43. The van der Waals surface area contributed by atoms with Crippen LogP contribution < -0.4 is 10.1 Å². The zero-order valence-corrected chi connectivity index (χ0v) is 15.8. The van der Waals surface area contributed by atoms with E-state index in [2.05, 4.69) is 16.4 Å². The molecule has 1 amide bonds. The maximum Gasteiger partial charge on any atom is 0.257 e. The molecule has 0 aliphatic carbocycles. The predicted molar refractivity (Wildman–Crippen MR) is 103 cm³/mol. The van der Waals surface area contributed by atoms with Crippen LogP contribution in [0.3, 0.4) is 0 Å². The highest BCUT2D eigenvalue weighted by molar-refractivity contribution is 5.98. The average Bonchev–Trinajstić information content (AvgIpc) is 2.73. The van der Waals surface area contributed by atoms with Crippen molar-refractivity contribution in [3.63, 3.8) is 0 Å². The number of likely N-dealkylation sites (tertiary alicyclic amines) is 1. The number of carbonyl (C=O) groups is 1. The molecule has 1 aromatic carbocycles. The van der Waals surface area contributed by atoms with E-state index in [1.54, 1.807) is 26.4 Å². The van der Waals surface area contributed by atoms with Crippen LogP contribution in [-0.2, 0) is 16.8 Å². The summed E-state index contributed by atoms with van der Waals surface area (Å²) in [5.41, 5.74) is 2.71. The molecule has 27 heavy (non-hydrogen) atoms. The lowest BCUT2D eigenvalue weighted by Crippen LogP contribution is -2.48.